The van der Waals surface area contributed by atoms with E-state index in [0.29, 0.717) is 12.0 Å². The lowest BCUT2D eigenvalue weighted by molar-refractivity contribution is -0.131. The second-order valence-electron chi connectivity index (χ2n) is 4.10. The fourth-order valence-electron chi connectivity index (χ4n) is 1.70. The summed E-state index contributed by atoms with van der Waals surface area (Å²) >= 11 is 0. The van der Waals surface area contributed by atoms with Crippen LogP contribution in [0.25, 0.3) is 0 Å². The summed E-state index contributed by atoms with van der Waals surface area (Å²) in [7, 11) is 1.53. The number of nitrogens with one attached hydrogen (secondary N) is 1. The molecule has 0 fully saturated rings. The van der Waals surface area contributed by atoms with Crippen LogP contribution in [-0.4, -0.2) is 19.1 Å². The third-order valence-corrected chi connectivity index (χ3v) is 2.85. The first-order valence-electron chi connectivity index (χ1n) is 5.95. The largest absolute Gasteiger partial charge is 0.372 e. The number of nitrogens with zero attached hydrogens (tertiary/aromatic N) is 1. The molecule has 0 aromatic heterocycles. The van der Waals surface area contributed by atoms with E-state index < -0.39 is 6.10 Å². The Balaban J connectivity index is 2.67. The summed E-state index contributed by atoms with van der Waals surface area (Å²) in [5.41, 5.74) is 1.58. The molecule has 0 bridgehead atoms. The summed E-state index contributed by atoms with van der Waals surface area (Å²) in [6.45, 7) is 3.81. The van der Waals surface area contributed by atoms with Crippen LogP contribution in [-0.2, 0) is 9.53 Å². The van der Waals surface area contributed by atoms with Crippen molar-refractivity contribution < 1.29 is 9.53 Å². The minimum absolute atomic E-state index is 0.102. The van der Waals surface area contributed by atoms with Crippen LogP contribution < -0.4 is 5.32 Å². The molecule has 0 unspecified atom stereocenters. The Kier molecular flexibility index (Phi) is 5.34. The van der Waals surface area contributed by atoms with E-state index in [1.54, 1.807) is 12.1 Å². The number of amides is 1. The van der Waals surface area contributed by atoms with Gasteiger partial charge in [-0.15, -0.1) is 0 Å². The maximum Gasteiger partial charge on any atom is 0.249 e. The maximum absolute atomic E-state index is 11.8. The molecule has 0 radical (unpaired) electrons. The van der Waals surface area contributed by atoms with Crippen molar-refractivity contribution in [3.8, 4) is 6.07 Å². The number of ether oxygens (including phenoxy) is 1. The smallest absolute Gasteiger partial charge is 0.249 e. The first-order valence-corrected chi connectivity index (χ1v) is 5.95. The molecule has 1 amide bonds. The van der Waals surface area contributed by atoms with Gasteiger partial charge in [0.15, 0.2) is 0 Å². The molecule has 0 saturated heterocycles. The summed E-state index contributed by atoms with van der Waals surface area (Å²) in [6.07, 6.45) is 0.230. The Morgan fingerprint density at radius 1 is 1.44 bits per heavy atom. The Hall–Kier alpha value is -1.86. The Bertz CT molecular complexity index is 430. The van der Waals surface area contributed by atoms with E-state index in [1.165, 1.54) is 7.11 Å². The van der Waals surface area contributed by atoms with Crippen LogP contribution in [0.2, 0.25) is 0 Å². The van der Waals surface area contributed by atoms with Crippen LogP contribution >= 0.6 is 0 Å². The molecular formula is C14H18N2O2. The number of benzene rings is 1. The molecule has 1 N–H and O–H groups in total. The van der Waals surface area contributed by atoms with Gasteiger partial charge in [-0.05, 0) is 31.0 Å². The highest BCUT2D eigenvalue weighted by Crippen LogP contribution is 2.13. The van der Waals surface area contributed by atoms with Gasteiger partial charge in [-0.1, -0.05) is 19.1 Å². The summed E-state index contributed by atoms with van der Waals surface area (Å²) in [5.74, 6) is -0.114. The fraction of sp³-hybridized carbons (Fsp3) is 0.429. The zero-order chi connectivity index (χ0) is 13.5. The number of hydrogen-bond acceptors (Lipinski definition) is 3. The number of rotatable bonds is 5. The van der Waals surface area contributed by atoms with Gasteiger partial charge in [-0.2, -0.15) is 5.26 Å². The van der Waals surface area contributed by atoms with E-state index in [1.807, 2.05) is 26.0 Å². The highest BCUT2D eigenvalue weighted by atomic mass is 16.5. The van der Waals surface area contributed by atoms with Crippen molar-refractivity contribution in [2.75, 3.05) is 7.11 Å². The summed E-state index contributed by atoms with van der Waals surface area (Å²) in [5, 5.41) is 11.6. The van der Waals surface area contributed by atoms with Gasteiger partial charge in [0.1, 0.15) is 6.10 Å². The van der Waals surface area contributed by atoms with Crippen LogP contribution in [0.15, 0.2) is 24.3 Å². The van der Waals surface area contributed by atoms with Crippen LogP contribution in [0, 0.1) is 11.3 Å². The van der Waals surface area contributed by atoms with Crippen molar-refractivity contribution in [1.29, 1.82) is 5.26 Å². The molecule has 1 aromatic carbocycles. The Labute approximate surface area is 108 Å². The van der Waals surface area contributed by atoms with Crippen molar-refractivity contribution in [3.05, 3.63) is 35.4 Å². The zero-order valence-corrected chi connectivity index (χ0v) is 10.9. The summed E-state index contributed by atoms with van der Waals surface area (Å²) in [4.78, 5) is 11.8. The number of hydrogen-bond donors (Lipinski definition) is 1. The fourth-order valence-corrected chi connectivity index (χ4v) is 1.70. The lowest BCUT2D eigenvalue weighted by atomic mass is 10.1. The van der Waals surface area contributed by atoms with E-state index in [9.17, 15) is 4.79 Å². The van der Waals surface area contributed by atoms with Crippen molar-refractivity contribution >= 4 is 5.91 Å². The minimum Gasteiger partial charge on any atom is -0.372 e. The lowest BCUT2D eigenvalue weighted by Gasteiger charge is -2.18. The highest BCUT2D eigenvalue weighted by Gasteiger charge is 2.17. The maximum atomic E-state index is 11.8. The molecule has 0 aliphatic rings. The van der Waals surface area contributed by atoms with Gasteiger partial charge in [0, 0.05) is 7.11 Å². The molecule has 4 nitrogen and oxygen atoms in total. The molecule has 96 valence electrons. The second-order valence-corrected chi connectivity index (χ2v) is 4.10. The first kappa shape index (κ1) is 14.2. The van der Waals surface area contributed by atoms with Gasteiger partial charge in [0.2, 0.25) is 5.91 Å². The van der Waals surface area contributed by atoms with E-state index in [2.05, 4.69) is 11.4 Å². The SMILES string of the molecule is CC[C@@H](OC)C(=O)N[C@@H](C)c1ccc(C#N)cc1. The van der Waals surface area contributed by atoms with Crippen LogP contribution in [0.1, 0.15) is 37.4 Å². The predicted octanol–water partition coefficient (Wildman–Crippen LogP) is 2.16. The third-order valence-electron chi connectivity index (χ3n) is 2.85. The molecule has 18 heavy (non-hydrogen) atoms. The lowest BCUT2D eigenvalue weighted by Crippen LogP contribution is -2.36. The van der Waals surface area contributed by atoms with Crippen LogP contribution in [0.5, 0.6) is 0 Å². The quantitative estimate of drug-likeness (QED) is 0.866. The van der Waals surface area contributed by atoms with Crippen molar-refractivity contribution in [1.82, 2.24) is 5.32 Å². The van der Waals surface area contributed by atoms with E-state index in [4.69, 9.17) is 10.00 Å². The van der Waals surface area contributed by atoms with E-state index in [-0.39, 0.29) is 11.9 Å². The molecule has 0 aliphatic carbocycles. The van der Waals surface area contributed by atoms with Gasteiger partial charge in [-0.25, -0.2) is 0 Å². The second kappa shape index (κ2) is 6.77. The molecule has 2 atom stereocenters. The molecular weight excluding hydrogens is 228 g/mol. The molecule has 1 aromatic rings. The zero-order valence-electron chi connectivity index (χ0n) is 10.9. The van der Waals surface area contributed by atoms with Gasteiger partial charge in [0.25, 0.3) is 0 Å². The Morgan fingerprint density at radius 2 is 2.06 bits per heavy atom. The van der Waals surface area contributed by atoms with Crippen molar-refractivity contribution in [3.63, 3.8) is 0 Å². The van der Waals surface area contributed by atoms with Crippen molar-refractivity contribution in [2.24, 2.45) is 0 Å². The van der Waals surface area contributed by atoms with Gasteiger partial charge in [-0.3, -0.25) is 4.79 Å². The highest BCUT2D eigenvalue weighted by molar-refractivity contribution is 5.81. The predicted molar refractivity (Wildman–Crippen MR) is 68.8 cm³/mol. The third kappa shape index (κ3) is 3.57. The van der Waals surface area contributed by atoms with E-state index in [0.717, 1.165) is 5.56 Å². The first-order chi connectivity index (χ1) is 8.62. The summed E-state index contributed by atoms with van der Waals surface area (Å²) in [6, 6.07) is 9.13. The van der Waals surface area contributed by atoms with Gasteiger partial charge >= 0.3 is 0 Å². The molecule has 0 aliphatic heterocycles. The molecule has 1 rings (SSSR count). The topological polar surface area (TPSA) is 62.1 Å². The molecule has 0 heterocycles. The van der Waals surface area contributed by atoms with Crippen molar-refractivity contribution in [2.45, 2.75) is 32.4 Å². The van der Waals surface area contributed by atoms with Crippen LogP contribution in [0.4, 0.5) is 0 Å². The normalized spacial score (nSPS) is 13.4. The number of methoxy groups -OCH3 is 1. The van der Waals surface area contributed by atoms with Crippen LogP contribution in [0.3, 0.4) is 0 Å². The molecule has 0 saturated carbocycles. The number of carbonyl (C=O) groups is 1. The van der Waals surface area contributed by atoms with Gasteiger partial charge in [0.05, 0.1) is 17.7 Å². The number of carbonyl (C=O) groups excluding carboxylic acids is 1. The standard InChI is InChI=1S/C14H18N2O2/c1-4-13(18-3)14(17)16-10(2)12-7-5-11(9-15)6-8-12/h5-8,10,13H,4H2,1-3H3,(H,16,17)/t10-,13+/m0/s1. The Morgan fingerprint density at radius 3 is 2.50 bits per heavy atom. The average molecular weight is 246 g/mol. The minimum atomic E-state index is -0.411. The van der Waals surface area contributed by atoms with Gasteiger partial charge < -0.3 is 10.1 Å². The number of nitriles is 1. The molecule has 0 spiro atoms. The van der Waals surface area contributed by atoms with E-state index >= 15 is 0 Å². The summed E-state index contributed by atoms with van der Waals surface area (Å²) < 4.78 is 5.08. The monoisotopic (exact) mass is 246 g/mol. The average Bonchev–Trinajstić information content (AvgIpc) is 2.40. The molecule has 4 heteroatoms.